The maximum Gasteiger partial charge on any atom is 0.414 e. The molecule has 2 aromatic carbocycles. The van der Waals surface area contributed by atoms with E-state index in [0.717, 1.165) is 67.7 Å². The number of carbonyl (C=O) groups excluding carboxylic acids is 1. The summed E-state index contributed by atoms with van der Waals surface area (Å²) >= 11 is 6.20. The molecule has 0 unspecified atom stereocenters. The van der Waals surface area contributed by atoms with Gasteiger partial charge in [0.05, 0.1) is 5.02 Å². The van der Waals surface area contributed by atoms with E-state index >= 15 is 0 Å². The molecular formula is C26H29ClN2O6. The molecule has 9 heteroatoms. The van der Waals surface area contributed by atoms with Crippen LogP contribution < -0.4 is 4.74 Å². The molecule has 2 N–H and O–H groups in total. The average molecular weight is 501 g/mol. The third kappa shape index (κ3) is 7.31. The number of Topliss-reactive ketones (excluding diaryl/α,β-unsaturated/α-hetero) is 1. The Balaban J connectivity index is 0.000000509. The number of fused-ring (bicyclic) bond motifs is 1. The van der Waals surface area contributed by atoms with Gasteiger partial charge in [0.15, 0.2) is 5.78 Å². The Morgan fingerprint density at radius 1 is 0.971 bits per heavy atom. The van der Waals surface area contributed by atoms with Gasteiger partial charge in [-0.2, -0.15) is 0 Å². The number of carboxylic acid groups (broad SMARTS) is 2. The quantitative estimate of drug-likeness (QED) is 0.361. The molecule has 35 heavy (non-hydrogen) atoms. The van der Waals surface area contributed by atoms with Crippen molar-refractivity contribution in [1.82, 2.24) is 9.47 Å². The van der Waals surface area contributed by atoms with Crippen LogP contribution in [-0.4, -0.2) is 63.1 Å². The summed E-state index contributed by atoms with van der Waals surface area (Å²) in [5.41, 5.74) is 1.96. The van der Waals surface area contributed by atoms with Crippen LogP contribution in [0.1, 0.15) is 36.5 Å². The van der Waals surface area contributed by atoms with Crippen molar-refractivity contribution in [3.8, 4) is 5.75 Å². The molecule has 0 radical (unpaired) electrons. The lowest BCUT2D eigenvalue weighted by Crippen LogP contribution is -2.39. The van der Waals surface area contributed by atoms with Gasteiger partial charge >= 0.3 is 11.9 Å². The number of hydrogen-bond donors (Lipinski definition) is 2. The van der Waals surface area contributed by atoms with Gasteiger partial charge in [-0.1, -0.05) is 41.9 Å². The van der Waals surface area contributed by atoms with E-state index in [2.05, 4.69) is 15.5 Å². The Hall–Kier alpha value is -3.36. The topological polar surface area (TPSA) is 109 Å². The number of aryl methyl sites for hydroxylation is 1. The zero-order chi connectivity index (χ0) is 25.4. The standard InChI is InChI=1S/C24H27ClN2O2.C2H2O4/c1-18(28)21-17-27(23-9-4-2-7-20(21)23)14-6-13-26-15-11-19(12-16-26)29-24-10-5-3-8-22(24)25;3-1(4)2(5)6/h2-5,7-10,17,19H,6,11-16H2,1H3;(H,3,4)(H,5,6). The number of nitrogens with zero attached hydrogens (tertiary/aromatic N) is 2. The maximum absolute atomic E-state index is 11.9. The van der Waals surface area contributed by atoms with Gasteiger partial charge < -0.3 is 24.4 Å². The number of hydrogen-bond acceptors (Lipinski definition) is 5. The lowest BCUT2D eigenvalue weighted by Gasteiger charge is -2.32. The van der Waals surface area contributed by atoms with Crippen LogP contribution in [0.15, 0.2) is 54.7 Å². The first-order valence-electron chi connectivity index (χ1n) is 11.4. The van der Waals surface area contributed by atoms with Crippen LogP contribution in [-0.2, 0) is 16.1 Å². The number of carboxylic acids is 2. The Morgan fingerprint density at radius 3 is 2.23 bits per heavy atom. The van der Waals surface area contributed by atoms with E-state index in [4.69, 9.17) is 36.1 Å². The second kappa shape index (κ2) is 12.4. The lowest BCUT2D eigenvalue weighted by atomic mass is 10.1. The van der Waals surface area contributed by atoms with Crippen molar-refractivity contribution < 1.29 is 29.3 Å². The molecule has 0 atom stereocenters. The van der Waals surface area contributed by atoms with E-state index in [9.17, 15) is 4.79 Å². The normalized spacial score (nSPS) is 14.2. The molecule has 186 valence electrons. The van der Waals surface area contributed by atoms with Crippen LogP contribution in [0.4, 0.5) is 0 Å². The molecule has 0 saturated carbocycles. The van der Waals surface area contributed by atoms with Gasteiger partial charge in [0.1, 0.15) is 11.9 Å². The van der Waals surface area contributed by atoms with Gasteiger partial charge in [-0.3, -0.25) is 4.79 Å². The van der Waals surface area contributed by atoms with Crippen molar-refractivity contribution in [3.05, 3.63) is 65.3 Å². The number of likely N-dealkylation sites (tertiary alicyclic amines) is 1. The number of piperidine rings is 1. The fraction of sp³-hybridized carbons (Fsp3) is 0.346. The van der Waals surface area contributed by atoms with Crippen LogP contribution in [0, 0.1) is 0 Å². The number of aromatic nitrogens is 1. The molecule has 0 amide bonds. The molecular weight excluding hydrogens is 472 g/mol. The van der Waals surface area contributed by atoms with Crippen molar-refractivity contribution in [2.24, 2.45) is 0 Å². The first-order chi connectivity index (χ1) is 16.8. The smallest absolute Gasteiger partial charge is 0.414 e. The fourth-order valence-electron chi connectivity index (χ4n) is 4.15. The molecule has 1 saturated heterocycles. The van der Waals surface area contributed by atoms with Crippen molar-refractivity contribution in [3.63, 3.8) is 0 Å². The van der Waals surface area contributed by atoms with E-state index in [0.29, 0.717) is 5.02 Å². The number of ketones is 1. The largest absolute Gasteiger partial charge is 0.489 e. The zero-order valence-electron chi connectivity index (χ0n) is 19.5. The van der Waals surface area contributed by atoms with Gasteiger partial charge in [0.2, 0.25) is 0 Å². The predicted molar refractivity (Wildman–Crippen MR) is 133 cm³/mol. The minimum Gasteiger partial charge on any atom is -0.489 e. The third-order valence-corrected chi connectivity index (χ3v) is 6.20. The van der Waals surface area contributed by atoms with Crippen LogP contribution in [0.5, 0.6) is 5.75 Å². The highest BCUT2D eigenvalue weighted by Gasteiger charge is 2.21. The average Bonchev–Trinajstić information content (AvgIpc) is 3.21. The van der Waals surface area contributed by atoms with Crippen molar-refractivity contribution in [2.45, 2.75) is 38.8 Å². The number of ether oxygens (including phenoxy) is 1. The summed E-state index contributed by atoms with van der Waals surface area (Å²) in [7, 11) is 0. The minimum absolute atomic E-state index is 0.126. The second-order valence-corrected chi connectivity index (χ2v) is 8.77. The Morgan fingerprint density at radius 2 is 1.60 bits per heavy atom. The van der Waals surface area contributed by atoms with E-state index in [-0.39, 0.29) is 11.9 Å². The molecule has 1 aliphatic heterocycles. The first-order valence-corrected chi connectivity index (χ1v) is 11.8. The molecule has 0 spiro atoms. The molecule has 1 fully saturated rings. The highest BCUT2D eigenvalue weighted by atomic mass is 35.5. The predicted octanol–water partition coefficient (Wildman–Crippen LogP) is 4.59. The molecule has 1 aliphatic rings. The van der Waals surface area contributed by atoms with Crippen LogP contribution in [0.3, 0.4) is 0 Å². The third-order valence-electron chi connectivity index (χ3n) is 5.89. The second-order valence-electron chi connectivity index (χ2n) is 8.36. The Kier molecular flexibility index (Phi) is 9.28. The van der Waals surface area contributed by atoms with Gasteiger partial charge in [-0.05, 0) is 50.9 Å². The molecule has 4 rings (SSSR count). The van der Waals surface area contributed by atoms with Gasteiger partial charge in [0, 0.05) is 42.3 Å². The van der Waals surface area contributed by atoms with Crippen molar-refractivity contribution >= 4 is 40.2 Å². The Labute approximate surface area is 208 Å². The van der Waals surface area contributed by atoms with Gasteiger partial charge in [-0.15, -0.1) is 0 Å². The molecule has 3 aromatic rings. The van der Waals surface area contributed by atoms with E-state index in [1.807, 2.05) is 48.7 Å². The van der Waals surface area contributed by atoms with Gasteiger partial charge in [0.25, 0.3) is 0 Å². The SMILES string of the molecule is CC(=O)c1cn(CCCN2CCC(Oc3ccccc3Cl)CC2)c2ccccc12.O=C(O)C(=O)O. The number of para-hydroxylation sites is 2. The summed E-state index contributed by atoms with van der Waals surface area (Å²) in [6, 6.07) is 15.8. The monoisotopic (exact) mass is 500 g/mol. The van der Waals surface area contributed by atoms with Crippen molar-refractivity contribution in [1.29, 1.82) is 0 Å². The maximum atomic E-state index is 11.9. The number of aliphatic carboxylic acids is 2. The minimum atomic E-state index is -1.82. The number of carbonyl (C=O) groups is 3. The van der Waals surface area contributed by atoms with Crippen LogP contribution in [0.25, 0.3) is 10.9 Å². The van der Waals surface area contributed by atoms with Crippen LogP contribution >= 0.6 is 11.6 Å². The Bertz CT molecular complexity index is 1170. The summed E-state index contributed by atoms with van der Waals surface area (Å²) in [4.78, 5) is 32.6. The molecule has 8 nitrogen and oxygen atoms in total. The first kappa shape index (κ1) is 26.2. The molecule has 1 aromatic heterocycles. The highest BCUT2D eigenvalue weighted by molar-refractivity contribution is 6.32. The summed E-state index contributed by atoms with van der Waals surface area (Å²) in [6.45, 7) is 5.70. The highest BCUT2D eigenvalue weighted by Crippen LogP contribution is 2.27. The number of benzene rings is 2. The van der Waals surface area contributed by atoms with E-state index < -0.39 is 11.9 Å². The van der Waals surface area contributed by atoms with Crippen LogP contribution in [0.2, 0.25) is 5.02 Å². The molecule has 2 heterocycles. The zero-order valence-corrected chi connectivity index (χ0v) is 20.3. The van der Waals surface area contributed by atoms with Crippen molar-refractivity contribution in [2.75, 3.05) is 19.6 Å². The van der Waals surface area contributed by atoms with E-state index in [1.165, 1.54) is 0 Å². The summed E-state index contributed by atoms with van der Waals surface area (Å²) in [6.07, 6.45) is 5.35. The summed E-state index contributed by atoms with van der Waals surface area (Å²) in [5.74, 6) is -2.74. The van der Waals surface area contributed by atoms with E-state index in [1.54, 1.807) is 6.92 Å². The molecule has 0 bridgehead atoms. The summed E-state index contributed by atoms with van der Waals surface area (Å²) in [5, 5.41) is 16.5. The fourth-order valence-corrected chi connectivity index (χ4v) is 4.33. The lowest BCUT2D eigenvalue weighted by molar-refractivity contribution is -0.159. The van der Waals surface area contributed by atoms with Gasteiger partial charge in [-0.25, -0.2) is 9.59 Å². The summed E-state index contributed by atoms with van der Waals surface area (Å²) < 4.78 is 8.31. The molecule has 0 aliphatic carbocycles. The number of halogens is 1. The number of rotatable bonds is 7.